The van der Waals surface area contributed by atoms with Gasteiger partial charge in [0.1, 0.15) is 5.65 Å². The van der Waals surface area contributed by atoms with Crippen LogP contribution in [0.5, 0.6) is 0 Å². The minimum atomic E-state index is 0.552. The Morgan fingerprint density at radius 1 is 1.40 bits per heavy atom. The topological polar surface area (TPSA) is 46.6 Å². The standard InChI is InChI=1S/C16H24N4/c1-12(2)19-8-4-5-13(10-19)15-11-20-14(9-17)6-3-7-16(20)18-15/h3,6-7,11-13H,4-5,8-10,17H2,1-2H3. The van der Waals surface area contributed by atoms with Crippen LogP contribution in [0, 0.1) is 0 Å². The minimum Gasteiger partial charge on any atom is -0.325 e. The van der Waals surface area contributed by atoms with Gasteiger partial charge < -0.3 is 15.0 Å². The van der Waals surface area contributed by atoms with E-state index in [0.29, 0.717) is 18.5 Å². The van der Waals surface area contributed by atoms with Gasteiger partial charge in [0.2, 0.25) is 0 Å². The summed E-state index contributed by atoms with van der Waals surface area (Å²) in [6.07, 6.45) is 4.69. The Morgan fingerprint density at radius 3 is 3.00 bits per heavy atom. The maximum absolute atomic E-state index is 5.81. The van der Waals surface area contributed by atoms with E-state index in [2.05, 4.69) is 41.5 Å². The van der Waals surface area contributed by atoms with Gasteiger partial charge in [0.25, 0.3) is 0 Å². The molecular formula is C16H24N4. The number of rotatable bonds is 3. The van der Waals surface area contributed by atoms with E-state index in [1.54, 1.807) is 0 Å². The summed E-state index contributed by atoms with van der Waals surface area (Å²) < 4.78 is 2.14. The molecule has 0 spiro atoms. The number of imidazole rings is 1. The van der Waals surface area contributed by atoms with E-state index < -0.39 is 0 Å². The SMILES string of the molecule is CC(C)N1CCCC(c2cn3c(CN)cccc3n2)C1. The van der Waals surface area contributed by atoms with Crippen molar-refractivity contribution in [3.63, 3.8) is 0 Å². The Morgan fingerprint density at radius 2 is 2.25 bits per heavy atom. The van der Waals surface area contributed by atoms with Gasteiger partial charge in [-0.3, -0.25) is 0 Å². The van der Waals surface area contributed by atoms with Gasteiger partial charge in [0.05, 0.1) is 5.69 Å². The smallest absolute Gasteiger partial charge is 0.137 e. The van der Waals surface area contributed by atoms with Gasteiger partial charge in [0, 0.05) is 36.9 Å². The maximum atomic E-state index is 5.81. The number of hydrogen-bond donors (Lipinski definition) is 1. The highest BCUT2D eigenvalue weighted by atomic mass is 15.2. The molecule has 0 radical (unpaired) electrons. The van der Waals surface area contributed by atoms with E-state index >= 15 is 0 Å². The predicted molar refractivity (Wildman–Crippen MR) is 81.8 cm³/mol. The first-order valence-electron chi connectivity index (χ1n) is 7.60. The van der Waals surface area contributed by atoms with Crippen LogP contribution in [-0.4, -0.2) is 33.4 Å². The summed E-state index contributed by atoms with van der Waals surface area (Å²) in [4.78, 5) is 7.38. The number of piperidine rings is 1. The third kappa shape index (κ3) is 2.45. The molecule has 1 unspecified atom stereocenters. The van der Waals surface area contributed by atoms with E-state index in [4.69, 9.17) is 10.7 Å². The lowest BCUT2D eigenvalue weighted by Gasteiger charge is -2.34. The van der Waals surface area contributed by atoms with Crippen LogP contribution in [0.3, 0.4) is 0 Å². The van der Waals surface area contributed by atoms with Crippen molar-refractivity contribution in [2.75, 3.05) is 13.1 Å². The van der Waals surface area contributed by atoms with Crippen molar-refractivity contribution < 1.29 is 0 Å². The molecule has 4 nitrogen and oxygen atoms in total. The summed E-state index contributed by atoms with van der Waals surface area (Å²) in [5.41, 5.74) is 9.17. The van der Waals surface area contributed by atoms with Crippen molar-refractivity contribution in [2.45, 2.75) is 45.2 Å². The summed E-state index contributed by atoms with van der Waals surface area (Å²) in [7, 11) is 0. The normalized spacial score (nSPS) is 20.9. The quantitative estimate of drug-likeness (QED) is 0.933. The second-order valence-electron chi connectivity index (χ2n) is 6.04. The number of nitrogens with zero attached hydrogens (tertiary/aromatic N) is 3. The first-order chi connectivity index (χ1) is 9.69. The van der Waals surface area contributed by atoms with Gasteiger partial charge in [-0.2, -0.15) is 0 Å². The molecule has 1 aliphatic rings. The van der Waals surface area contributed by atoms with Crippen molar-refractivity contribution in [1.82, 2.24) is 14.3 Å². The van der Waals surface area contributed by atoms with Gasteiger partial charge in [-0.25, -0.2) is 4.98 Å². The molecular weight excluding hydrogens is 248 g/mol. The molecule has 2 N–H and O–H groups in total. The lowest BCUT2D eigenvalue weighted by atomic mass is 9.94. The van der Waals surface area contributed by atoms with E-state index in [1.165, 1.54) is 25.1 Å². The highest BCUT2D eigenvalue weighted by Crippen LogP contribution is 2.27. The molecule has 0 amide bonds. The van der Waals surface area contributed by atoms with Gasteiger partial charge in [-0.1, -0.05) is 6.07 Å². The Labute approximate surface area is 120 Å². The molecule has 0 saturated carbocycles. The molecule has 108 valence electrons. The summed E-state index contributed by atoms with van der Waals surface area (Å²) in [6.45, 7) is 7.45. The first-order valence-corrected chi connectivity index (χ1v) is 7.60. The van der Waals surface area contributed by atoms with Crippen LogP contribution in [0.25, 0.3) is 5.65 Å². The second kappa shape index (κ2) is 5.54. The molecule has 1 fully saturated rings. The largest absolute Gasteiger partial charge is 0.325 e. The lowest BCUT2D eigenvalue weighted by molar-refractivity contribution is 0.166. The number of likely N-dealkylation sites (tertiary alicyclic amines) is 1. The summed E-state index contributed by atoms with van der Waals surface area (Å²) in [5.74, 6) is 0.552. The monoisotopic (exact) mass is 272 g/mol. The molecule has 0 aliphatic carbocycles. The first kappa shape index (κ1) is 13.6. The zero-order chi connectivity index (χ0) is 14.1. The average molecular weight is 272 g/mol. The Balaban J connectivity index is 1.90. The molecule has 2 aromatic rings. The molecule has 3 heterocycles. The van der Waals surface area contributed by atoms with Crippen LogP contribution in [0.15, 0.2) is 24.4 Å². The summed E-state index contributed by atoms with van der Waals surface area (Å²) in [5, 5.41) is 0. The van der Waals surface area contributed by atoms with Crippen LogP contribution in [0.4, 0.5) is 0 Å². The van der Waals surface area contributed by atoms with Crippen LogP contribution in [0.1, 0.15) is 44.0 Å². The van der Waals surface area contributed by atoms with Crippen molar-refractivity contribution >= 4 is 5.65 Å². The minimum absolute atomic E-state index is 0.552. The number of fused-ring (bicyclic) bond motifs is 1. The van der Waals surface area contributed by atoms with E-state index in [0.717, 1.165) is 17.9 Å². The highest BCUT2D eigenvalue weighted by molar-refractivity contribution is 5.42. The molecule has 1 saturated heterocycles. The van der Waals surface area contributed by atoms with Crippen molar-refractivity contribution in [3.8, 4) is 0 Å². The van der Waals surface area contributed by atoms with Gasteiger partial charge in [0.15, 0.2) is 0 Å². The van der Waals surface area contributed by atoms with Crippen LogP contribution >= 0.6 is 0 Å². The fraction of sp³-hybridized carbons (Fsp3) is 0.562. The molecule has 0 aromatic carbocycles. The predicted octanol–water partition coefficient (Wildman–Crippen LogP) is 2.38. The maximum Gasteiger partial charge on any atom is 0.137 e. The third-order valence-corrected chi connectivity index (χ3v) is 4.41. The van der Waals surface area contributed by atoms with E-state index in [9.17, 15) is 0 Å². The van der Waals surface area contributed by atoms with Crippen molar-refractivity contribution in [2.24, 2.45) is 5.73 Å². The van der Waals surface area contributed by atoms with Crippen LogP contribution in [0.2, 0.25) is 0 Å². The molecule has 1 atom stereocenters. The summed E-state index contributed by atoms with van der Waals surface area (Å²) in [6, 6.07) is 6.79. The Hall–Kier alpha value is -1.39. The molecule has 4 heteroatoms. The molecule has 2 aromatic heterocycles. The fourth-order valence-corrected chi connectivity index (χ4v) is 3.17. The van der Waals surface area contributed by atoms with Crippen LogP contribution in [-0.2, 0) is 6.54 Å². The van der Waals surface area contributed by atoms with Crippen LogP contribution < -0.4 is 5.73 Å². The number of nitrogens with two attached hydrogens (primary N) is 1. The van der Waals surface area contributed by atoms with E-state index in [-0.39, 0.29) is 0 Å². The Kier molecular flexibility index (Phi) is 3.76. The van der Waals surface area contributed by atoms with Gasteiger partial charge in [-0.05, 0) is 45.4 Å². The lowest BCUT2D eigenvalue weighted by Crippen LogP contribution is -2.39. The average Bonchev–Trinajstić information content (AvgIpc) is 2.91. The Bertz CT molecular complexity index is 587. The summed E-state index contributed by atoms with van der Waals surface area (Å²) >= 11 is 0. The van der Waals surface area contributed by atoms with Gasteiger partial charge in [-0.15, -0.1) is 0 Å². The fourth-order valence-electron chi connectivity index (χ4n) is 3.17. The molecule has 0 bridgehead atoms. The molecule has 20 heavy (non-hydrogen) atoms. The van der Waals surface area contributed by atoms with Gasteiger partial charge >= 0.3 is 0 Å². The second-order valence-corrected chi connectivity index (χ2v) is 6.04. The molecule has 1 aliphatic heterocycles. The highest BCUT2D eigenvalue weighted by Gasteiger charge is 2.24. The zero-order valence-electron chi connectivity index (χ0n) is 12.4. The number of hydrogen-bond acceptors (Lipinski definition) is 3. The van der Waals surface area contributed by atoms with Crippen molar-refractivity contribution in [1.29, 1.82) is 0 Å². The van der Waals surface area contributed by atoms with Crippen molar-refractivity contribution in [3.05, 3.63) is 35.8 Å². The van der Waals surface area contributed by atoms with E-state index in [1.807, 2.05) is 6.07 Å². The molecule has 3 rings (SSSR count). The number of aromatic nitrogens is 2. The zero-order valence-corrected chi connectivity index (χ0v) is 12.4. The number of pyridine rings is 1. The third-order valence-electron chi connectivity index (χ3n) is 4.41.